The van der Waals surface area contributed by atoms with Crippen LogP contribution in [0.25, 0.3) is 0 Å². The summed E-state index contributed by atoms with van der Waals surface area (Å²) in [6.07, 6.45) is 0.920. The number of aryl methyl sites for hydroxylation is 2. The first-order chi connectivity index (χ1) is 6.19. The first kappa shape index (κ1) is 10.2. The summed E-state index contributed by atoms with van der Waals surface area (Å²) in [5, 5.41) is 0.469. The Labute approximate surface area is 81.8 Å². The maximum Gasteiger partial charge on any atom is 0.367 e. The predicted octanol–water partition coefficient (Wildman–Crippen LogP) is 2.19. The normalized spacial score (nSPS) is 10.1. The van der Waals surface area contributed by atoms with Crippen molar-refractivity contribution >= 4 is 17.3 Å². The maximum atomic E-state index is 11.3. The van der Waals surface area contributed by atoms with Gasteiger partial charge in [0.15, 0.2) is 0 Å². The Bertz CT molecular complexity index is 307. The molecule has 0 amide bonds. The lowest BCUT2D eigenvalue weighted by Gasteiger charge is -1.95. The molecule has 1 heterocycles. The number of carbonyl (C=O) groups is 1. The minimum atomic E-state index is -0.310. The van der Waals surface area contributed by atoms with Crippen LogP contribution in [0.4, 0.5) is 0 Å². The Morgan fingerprint density at radius 2 is 2.23 bits per heavy atom. The van der Waals surface area contributed by atoms with E-state index in [0.717, 1.165) is 17.0 Å². The number of rotatable bonds is 3. The van der Waals surface area contributed by atoms with E-state index in [4.69, 9.17) is 4.74 Å². The van der Waals surface area contributed by atoms with E-state index in [-0.39, 0.29) is 5.97 Å². The highest BCUT2D eigenvalue weighted by atomic mass is 32.1. The van der Waals surface area contributed by atoms with Crippen molar-refractivity contribution in [3.05, 3.63) is 15.6 Å². The van der Waals surface area contributed by atoms with Gasteiger partial charge in [0.2, 0.25) is 5.01 Å². The second-order valence-corrected chi connectivity index (χ2v) is 3.69. The molecular weight excluding hydrogens is 186 g/mol. The SMILES string of the molecule is CCOC(=O)c1nc(C)c(CC)s1. The standard InChI is InChI=1S/C9H13NO2S/c1-4-7-6(3)10-8(13-7)9(11)12-5-2/h4-5H2,1-3H3. The summed E-state index contributed by atoms with van der Waals surface area (Å²) >= 11 is 1.42. The fourth-order valence-corrected chi connectivity index (χ4v) is 1.93. The summed E-state index contributed by atoms with van der Waals surface area (Å²) in [5.74, 6) is -0.310. The third kappa shape index (κ3) is 2.28. The van der Waals surface area contributed by atoms with Gasteiger partial charge in [-0.25, -0.2) is 9.78 Å². The van der Waals surface area contributed by atoms with Crippen LogP contribution in [0, 0.1) is 6.92 Å². The quantitative estimate of drug-likeness (QED) is 0.700. The molecule has 0 unspecified atom stereocenters. The van der Waals surface area contributed by atoms with Crippen LogP contribution in [-0.4, -0.2) is 17.6 Å². The van der Waals surface area contributed by atoms with Crippen molar-refractivity contribution in [3.8, 4) is 0 Å². The molecule has 3 nitrogen and oxygen atoms in total. The fraction of sp³-hybridized carbons (Fsp3) is 0.556. The van der Waals surface area contributed by atoms with Gasteiger partial charge in [-0.15, -0.1) is 11.3 Å². The molecule has 0 aliphatic heterocycles. The van der Waals surface area contributed by atoms with Gasteiger partial charge in [0.25, 0.3) is 0 Å². The zero-order chi connectivity index (χ0) is 9.84. The highest BCUT2D eigenvalue weighted by Gasteiger charge is 2.13. The third-order valence-corrected chi connectivity index (χ3v) is 2.95. The second kappa shape index (κ2) is 4.37. The van der Waals surface area contributed by atoms with Gasteiger partial charge in [-0.3, -0.25) is 0 Å². The Morgan fingerprint density at radius 3 is 2.69 bits per heavy atom. The van der Waals surface area contributed by atoms with Gasteiger partial charge < -0.3 is 4.74 Å². The lowest BCUT2D eigenvalue weighted by molar-refractivity contribution is 0.0526. The van der Waals surface area contributed by atoms with Crippen LogP contribution in [0.5, 0.6) is 0 Å². The molecule has 1 aromatic heterocycles. The predicted molar refractivity (Wildman–Crippen MR) is 52.2 cm³/mol. The molecule has 0 aromatic carbocycles. The van der Waals surface area contributed by atoms with Gasteiger partial charge >= 0.3 is 5.97 Å². The molecule has 0 N–H and O–H groups in total. The van der Waals surface area contributed by atoms with Crippen LogP contribution in [-0.2, 0) is 11.2 Å². The van der Waals surface area contributed by atoms with E-state index in [1.54, 1.807) is 6.92 Å². The van der Waals surface area contributed by atoms with E-state index in [1.165, 1.54) is 11.3 Å². The summed E-state index contributed by atoms with van der Waals surface area (Å²) in [4.78, 5) is 16.6. The van der Waals surface area contributed by atoms with Gasteiger partial charge in [-0.05, 0) is 20.3 Å². The van der Waals surface area contributed by atoms with E-state index >= 15 is 0 Å². The van der Waals surface area contributed by atoms with Crippen molar-refractivity contribution in [1.29, 1.82) is 0 Å². The smallest absolute Gasteiger partial charge is 0.367 e. The molecule has 0 fully saturated rings. The van der Waals surface area contributed by atoms with Crippen molar-refractivity contribution in [2.75, 3.05) is 6.61 Å². The topological polar surface area (TPSA) is 39.2 Å². The number of hydrogen-bond acceptors (Lipinski definition) is 4. The lowest BCUT2D eigenvalue weighted by Crippen LogP contribution is -2.03. The zero-order valence-electron chi connectivity index (χ0n) is 8.09. The summed E-state index contributed by atoms with van der Waals surface area (Å²) < 4.78 is 4.85. The highest BCUT2D eigenvalue weighted by molar-refractivity contribution is 7.13. The van der Waals surface area contributed by atoms with E-state index in [0.29, 0.717) is 11.6 Å². The molecule has 4 heteroatoms. The van der Waals surface area contributed by atoms with Gasteiger partial charge in [0.05, 0.1) is 12.3 Å². The molecule has 0 bridgehead atoms. The molecule has 0 saturated heterocycles. The van der Waals surface area contributed by atoms with Gasteiger partial charge in [0, 0.05) is 4.88 Å². The van der Waals surface area contributed by atoms with Crippen molar-refractivity contribution < 1.29 is 9.53 Å². The minimum absolute atomic E-state index is 0.310. The fourth-order valence-electron chi connectivity index (χ4n) is 1.04. The number of thiazole rings is 1. The first-order valence-corrected chi connectivity index (χ1v) is 5.14. The number of carbonyl (C=O) groups excluding carboxylic acids is 1. The minimum Gasteiger partial charge on any atom is -0.461 e. The van der Waals surface area contributed by atoms with Crippen molar-refractivity contribution in [2.45, 2.75) is 27.2 Å². The third-order valence-electron chi connectivity index (χ3n) is 1.66. The Hall–Kier alpha value is -0.900. The van der Waals surface area contributed by atoms with Gasteiger partial charge in [-0.2, -0.15) is 0 Å². The second-order valence-electron chi connectivity index (χ2n) is 2.60. The van der Waals surface area contributed by atoms with E-state index in [2.05, 4.69) is 11.9 Å². The molecule has 0 atom stereocenters. The summed E-state index contributed by atoms with van der Waals surface area (Å²) in [7, 11) is 0. The molecule has 0 aliphatic carbocycles. The average Bonchev–Trinajstić information content (AvgIpc) is 2.47. The highest BCUT2D eigenvalue weighted by Crippen LogP contribution is 2.18. The number of aromatic nitrogens is 1. The van der Waals surface area contributed by atoms with Crippen LogP contribution >= 0.6 is 11.3 Å². The molecule has 0 saturated carbocycles. The molecule has 13 heavy (non-hydrogen) atoms. The Kier molecular flexibility index (Phi) is 3.42. The Balaban J connectivity index is 2.84. The monoisotopic (exact) mass is 199 g/mol. The van der Waals surface area contributed by atoms with Gasteiger partial charge in [-0.1, -0.05) is 6.92 Å². The Morgan fingerprint density at radius 1 is 1.54 bits per heavy atom. The van der Waals surface area contributed by atoms with Crippen molar-refractivity contribution in [3.63, 3.8) is 0 Å². The zero-order valence-corrected chi connectivity index (χ0v) is 8.90. The van der Waals surface area contributed by atoms with Crippen LogP contribution in [0.1, 0.15) is 34.2 Å². The van der Waals surface area contributed by atoms with E-state index in [1.807, 2.05) is 6.92 Å². The van der Waals surface area contributed by atoms with Crippen molar-refractivity contribution in [2.24, 2.45) is 0 Å². The van der Waals surface area contributed by atoms with Crippen LogP contribution in [0.3, 0.4) is 0 Å². The molecule has 72 valence electrons. The van der Waals surface area contributed by atoms with E-state index in [9.17, 15) is 4.79 Å². The lowest BCUT2D eigenvalue weighted by atomic mass is 10.3. The molecule has 0 radical (unpaired) electrons. The van der Waals surface area contributed by atoms with E-state index < -0.39 is 0 Å². The summed E-state index contributed by atoms with van der Waals surface area (Å²) in [5.41, 5.74) is 0.940. The van der Waals surface area contributed by atoms with Crippen molar-refractivity contribution in [1.82, 2.24) is 4.98 Å². The number of nitrogens with zero attached hydrogens (tertiary/aromatic N) is 1. The number of esters is 1. The average molecular weight is 199 g/mol. The maximum absolute atomic E-state index is 11.3. The molecule has 0 spiro atoms. The van der Waals surface area contributed by atoms with Crippen LogP contribution < -0.4 is 0 Å². The van der Waals surface area contributed by atoms with Gasteiger partial charge in [0.1, 0.15) is 0 Å². The molecular formula is C9H13NO2S. The first-order valence-electron chi connectivity index (χ1n) is 4.32. The number of ether oxygens (including phenoxy) is 1. The van der Waals surface area contributed by atoms with Crippen LogP contribution in [0.15, 0.2) is 0 Å². The summed E-state index contributed by atoms with van der Waals surface area (Å²) in [6.45, 7) is 6.16. The summed E-state index contributed by atoms with van der Waals surface area (Å²) in [6, 6.07) is 0. The molecule has 0 aliphatic rings. The molecule has 1 aromatic rings. The number of hydrogen-bond donors (Lipinski definition) is 0. The largest absolute Gasteiger partial charge is 0.461 e. The molecule has 1 rings (SSSR count). The van der Waals surface area contributed by atoms with Crippen LogP contribution in [0.2, 0.25) is 0 Å².